The van der Waals surface area contributed by atoms with E-state index in [0.717, 1.165) is 50.2 Å². The normalized spacial score (nSPS) is 14.0. The quantitative estimate of drug-likeness (QED) is 0.191. The summed E-state index contributed by atoms with van der Waals surface area (Å²) >= 11 is 0. The van der Waals surface area contributed by atoms with E-state index in [-0.39, 0.29) is 39.6 Å². The van der Waals surface area contributed by atoms with Gasteiger partial charge >= 0.3 is 0 Å². The van der Waals surface area contributed by atoms with Crippen molar-refractivity contribution in [2.75, 3.05) is 0 Å². The fourth-order valence-corrected chi connectivity index (χ4v) is 7.25. The first-order valence-electron chi connectivity index (χ1n) is 22.0. The highest BCUT2D eigenvalue weighted by Crippen LogP contribution is 2.46. The monoisotopic (exact) mass is 744 g/mol. The number of phenolic OH excluding ortho intramolecular Hbond substituents is 1. The lowest BCUT2D eigenvalue weighted by molar-refractivity contribution is 0.446. The number of aromatic hydroxyl groups is 1. The first-order chi connectivity index (χ1) is 28.3. The number of hydrogen-bond acceptors (Lipinski definition) is 3. The number of fused-ring (bicyclic) bond motifs is 1. The van der Waals surface area contributed by atoms with Crippen LogP contribution in [0.4, 0.5) is 0 Å². The minimum Gasteiger partial charge on any atom is -0.507 e. The van der Waals surface area contributed by atoms with E-state index in [1.165, 1.54) is 0 Å². The maximum absolute atomic E-state index is 12.5. The largest absolute Gasteiger partial charge is 0.507 e. The molecule has 7 aromatic rings. The van der Waals surface area contributed by atoms with E-state index in [9.17, 15) is 7.85 Å². The van der Waals surface area contributed by atoms with Crippen molar-refractivity contribution >= 4 is 11.0 Å². The molecule has 5 aromatic carbocycles. The van der Waals surface area contributed by atoms with Crippen LogP contribution in [0.25, 0.3) is 61.6 Å². The second-order valence-electron chi connectivity index (χ2n) is 19.1. The molecule has 0 amide bonds. The zero-order valence-corrected chi connectivity index (χ0v) is 34.9. The summed E-state index contributed by atoms with van der Waals surface area (Å²) in [6.45, 7) is 25.6. The van der Waals surface area contributed by atoms with Gasteiger partial charge in [-0.15, -0.1) is 0 Å². The van der Waals surface area contributed by atoms with E-state index in [4.69, 9.17) is 14.1 Å². The molecule has 0 saturated heterocycles. The molecule has 1 N–H and O–H groups in total. The van der Waals surface area contributed by atoms with Gasteiger partial charge in [0.25, 0.3) is 0 Å². The Morgan fingerprint density at radius 1 is 0.554 bits per heavy atom. The zero-order chi connectivity index (χ0) is 44.7. The fraction of sp³-hybridized carbons (Fsp3) is 0.308. The van der Waals surface area contributed by atoms with Crippen molar-refractivity contribution in [3.05, 3.63) is 144 Å². The summed E-state index contributed by atoms with van der Waals surface area (Å²) in [7, 11) is 0. The van der Waals surface area contributed by atoms with Crippen LogP contribution in [0.2, 0.25) is 0 Å². The number of para-hydroxylation sites is 1. The molecule has 2 heterocycles. The topological polar surface area (TPSA) is 50.9 Å². The molecule has 0 aliphatic heterocycles. The Balaban J connectivity index is 1.69. The van der Waals surface area contributed by atoms with Gasteiger partial charge < -0.3 is 5.11 Å². The van der Waals surface area contributed by atoms with Crippen LogP contribution < -0.4 is 0 Å². The van der Waals surface area contributed by atoms with Crippen molar-refractivity contribution in [3.63, 3.8) is 0 Å². The van der Waals surface area contributed by atoms with E-state index in [1.54, 1.807) is 6.20 Å². The van der Waals surface area contributed by atoms with Crippen LogP contribution in [0, 0.1) is 0 Å². The summed E-state index contributed by atoms with van der Waals surface area (Å²) in [6, 6.07) is 26.7. The number of pyridine rings is 1. The molecule has 0 spiro atoms. The summed E-state index contributed by atoms with van der Waals surface area (Å²) in [4.78, 5) is 10.2. The van der Waals surface area contributed by atoms with E-state index >= 15 is 0 Å². The number of imidazole rings is 1. The SMILES string of the molecule is [2H]c1c([2H])c([2H])c(-c2cc(C(C)(C)C)ccc2-n2c(-c3cc(C(C)(C)C)cc(C(C)(C)C)c3O)nc3c(-c4cc(-c5ccccn5)cc(C(C)(C)C)c4)cccc32)c([2H])c1[2H]. The highest BCUT2D eigenvalue weighted by molar-refractivity contribution is 5.98. The first-order valence-corrected chi connectivity index (χ1v) is 19.5. The molecule has 2 aromatic heterocycles. The van der Waals surface area contributed by atoms with Crippen molar-refractivity contribution in [2.45, 2.75) is 105 Å². The van der Waals surface area contributed by atoms with Crippen molar-refractivity contribution in [1.29, 1.82) is 0 Å². The lowest BCUT2D eigenvalue weighted by Crippen LogP contribution is -2.17. The Bertz CT molecular complexity index is 2820. The van der Waals surface area contributed by atoms with Crippen molar-refractivity contribution in [3.8, 4) is 56.3 Å². The number of aromatic nitrogens is 3. The molecular weight excluding hydrogens is 683 g/mol. The second-order valence-corrected chi connectivity index (χ2v) is 19.1. The van der Waals surface area contributed by atoms with Gasteiger partial charge in [0.05, 0.1) is 34.8 Å². The summed E-state index contributed by atoms with van der Waals surface area (Å²) in [6.07, 6.45) is 1.80. The van der Waals surface area contributed by atoms with Gasteiger partial charge in [0.1, 0.15) is 11.6 Å². The minimum atomic E-state index is -0.452. The molecular formula is C52H57N3O. The molecule has 0 fully saturated rings. The molecule has 0 atom stereocenters. The van der Waals surface area contributed by atoms with E-state index in [1.807, 2.05) is 59.2 Å². The molecule has 7 rings (SSSR count). The Hall–Kier alpha value is -5.48. The summed E-state index contributed by atoms with van der Waals surface area (Å²) in [5.74, 6) is 0.576. The fourth-order valence-electron chi connectivity index (χ4n) is 7.25. The predicted molar refractivity (Wildman–Crippen MR) is 237 cm³/mol. The van der Waals surface area contributed by atoms with Crippen LogP contribution in [-0.2, 0) is 21.7 Å². The average molecular weight is 745 g/mol. The van der Waals surface area contributed by atoms with Gasteiger partial charge in [0.2, 0.25) is 0 Å². The van der Waals surface area contributed by atoms with E-state index in [0.29, 0.717) is 28.2 Å². The summed E-state index contributed by atoms with van der Waals surface area (Å²) < 4.78 is 46.2. The molecule has 0 aliphatic carbocycles. The first kappa shape index (κ1) is 32.7. The Morgan fingerprint density at radius 3 is 1.82 bits per heavy atom. The Morgan fingerprint density at radius 2 is 1.20 bits per heavy atom. The molecule has 0 radical (unpaired) electrons. The molecule has 0 saturated carbocycles. The van der Waals surface area contributed by atoms with Crippen molar-refractivity contribution < 1.29 is 12.0 Å². The highest BCUT2D eigenvalue weighted by atomic mass is 16.3. The maximum atomic E-state index is 12.5. The number of benzene rings is 5. The number of rotatable bonds is 5. The second kappa shape index (κ2) is 13.9. The maximum Gasteiger partial charge on any atom is 0.149 e. The van der Waals surface area contributed by atoms with Crippen molar-refractivity contribution in [2.24, 2.45) is 0 Å². The van der Waals surface area contributed by atoms with Crippen LogP contribution in [-0.4, -0.2) is 19.6 Å². The highest BCUT2D eigenvalue weighted by Gasteiger charge is 2.30. The van der Waals surface area contributed by atoms with Gasteiger partial charge in [0.15, 0.2) is 0 Å². The van der Waals surface area contributed by atoms with Crippen LogP contribution in [0.15, 0.2) is 121 Å². The van der Waals surface area contributed by atoms with Gasteiger partial charge in [-0.05, 0) is 98.0 Å². The van der Waals surface area contributed by atoms with E-state index < -0.39 is 23.5 Å². The molecule has 0 aliphatic rings. The number of nitrogens with zero attached hydrogens (tertiary/aromatic N) is 3. The van der Waals surface area contributed by atoms with Crippen LogP contribution in [0.3, 0.4) is 0 Å². The molecule has 4 heteroatoms. The third-order valence-electron chi connectivity index (χ3n) is 10.7. The lowest BCUT2D eigenvalue weighted by atomic mass is 9.79. The third kappa shape index (κ3) is 7.42. The van der Waals surface area contributed by atoms with E-state index in [2.05, 4.69) is 113 Å². The molecule has 0 bridgehead atoms. The average Bonchev–Trinajstić information content (AvgIpc) is 3.57. The minimum absolute atomic E-state index is 0.0944. The van der Waals surface area contributed by atoms with Crippen LogP contribution >= 0.6 is 0 Å². The predicted octanol–water partition coefficient (Wildman–Crippen LogP) is 14.0. The molecule has 56 heavy (non-hydrogen) atoms. The van der Waals surface area contributed by atoms with Crippen molar-refractivity contribution in [1.82, 2.24) is 14.5 Å². The third-order valence-corrected chi connectivity index (χ3v) is 10.7. The summed E-state index contributed by atoms with van der Waals surface area (Å²) in [5.41, 5.74) is 9.35. The van der Waals surface area contributed by atoms with Gasteiger partial charge in [-0.3, -0.25) is 9.55 Å². The standard InChI is InChI=1S/C52H57N3O/c1-49(2,3)36-24-25-44(40(30-36)33-19-14-13-15-20-33)55-45-23-18-21-39(34-27-35(43-22-16-17-26-53-43)29-37(28-34)50(4,5)6)46(45)54-48(55)41-31-38(51(7,8)9)32-42(47(41)56)52(10,11)12/h13-32,56H,1-12H3/i13D,14D,15D,19D,20D. The molecule has 4 nitrogen and oxygen atoms in total. The molecule has 0 unspecified atom stereocenters. The van der Waals surface area contributed by atoms with Crippen LogP contribution in [0.5, 0.6) is 5.75 Å². The van der Waals surface area contributed by atoms with Gasteiger partial charge in [-0.2, -0.15) is 0 Å². The zero-order valence-electron chi connectivity index (χ0n) is 39.9. The smallest absolute Gasteiger partial charge is 0.149 e. The Labute approximate surface area is 341 Å². The number of hydrogen-bond donors (Lipinski definition) is 1. The molecule has 286 valence electrons. The summed E-state index contributed by atoms with van der Waals surface area (Å²) in [5, 5.41) is 12.5. The number of phenols is 1. The van der Waals surface area contributed by atoms with Gasteiger partial charge in [-0.1, -0.05) is 150 Å². The van der Waals surface area contributed by atoms with Crippen LogP contribution in [0.1, 0.15) is 112 Å². The Kier molecular flexibility index (Phi) is 8.14. The van der Waals surface area contributed by atoms with Gasteiger partial charge in [-0.25, -0.2) is 4.98 Å². The lowest BCUT2D eigenvalue weighted by Gasteiger charge is -2.28. The van der Waals surface area contributed by atoms with Gasteiger partial charge in [0, 0.05) is 28.5 Å².